The van der Waals surface area contributed by atoms with Crippen molar-refractivity contribution < 1.29 is 5.11 Å². The second-order valence-corrected chi connectivity index (χ2v) is 5.81. The van der Waals surface area contributed by atoms with Crippen LogP contribution in [0.3, 0.4) is 0 Å². The molecular weight excluding hydrogens is 267 g/mol. The molecule has 1 N–H and O–H groups in total. The number of unbranched alkanes of at least 4 members (excludes halogenated alkanes) is 3. The molecule has 3 heteroatoms. The van der Waals surface area contributed by atoms with Crippen molar-refractivity contribution in [3.63, 3.8) is 0 Å². The molecule has 102 valence electrons. The maximum absolute atomic E-state index is 9.68. The van der Waals surface area contributed by atoms with Gasteiger partial charge in [-0.05, 0) is 24.0 Å². The lowest BCUT2D eigenvalue weighted by molar-refractivity contribution is 0.469. The third kappa shape index (κ3) is 4.70. The molecule has 0 spiro atoms. The Hall–Kier alpha value is -0.400. The highest BCUT2D eigenvalue weighted by atomic mass is 35.5. The fourth-order valence-corrected chi connectivity index (χ4v) is 2.59. The molecule has 1 aromatic rings. The quantitative estimate of drug-likeness (QED) is 0.624. The average molecular weight is 289 g/mol. The Morgan fingerprint density at radius 1 is 1.17 bits per heavy atom. The van der Waals surface area contributed by atoms with Crippen LogP contribution in [0.1, 0.15) is 51.5 Å². The zero-order chi connectivity index (χ0) is 13.5. The number of hydrogen-bond donors (Lipinski definition) is 1. The van der Waals surface area contributed by atoms with E-state index in [4.69, 9.17) is 23.2 Å². The van der Waals surface area contributed by atoms with E-state index in [-0.39, 0.29) is 5.75 Å². The van der Waals surface area contributed by atoms with Gasteiger partial charge in [-0.2, -0.15) is 0 Å². The smallest absolute Gasteiger partial charge is 0.153 e. The molecule has 0 bridgehead atoms. The van der Waals surface area contributed by atoms with E-state index in [2.05, 4.69) is 13.8 Å². The summed E-state index contributed by atoms with van der Waals surface area (Å²) in [5, 5.41) is 10.4. The summed E-state index contributed by atoms with van der Waals surface area (Å²) in [7, 11) is 0. The van der Waals surface area contributed by atoms with Gasteiger partial charge in [0, 0.05) is 0 Å². The minimum atomic E-state index is 0.00835. The minimum Gasteiger partial charge on any atom is -0.505 e. The molecular formula is C15H22Cl2O. The molecule has 1 rings (SSSR count). The Labute approximate surface area is 120 Å². The molecule has 0 saturated carbocycles. The molecule has 0 amide bonds. The standard InChI is InChI=1S/C15H22Cl2O/c1-3-4-5-6-7-11(2)10-12-8-9-13(16)15(18)14(12)17/h8-9,11,18H,3-7,10H2,1-2H3. The van der Waals surface area contributed by atoms with Crippen molar-refractivity contribution in [3.8, 4) is 5.75 Å². The first-order valence-electron chi connectivity index (χ1n) is 6.72. The number of phenolic OH excluding ortho intramolecular Hbond substituents is 1. The second kappa shape index (κ2) is 7.91. The van der Waals surface area contributed by atoms with E-state index < -0.39 is 0 Å². The van der Waals surface area contributed by atoms with Crippen molar-refractivity contribution in [1.29, 1.82) is 0 Å². The maximum Gasteiger partial charge on any atom is 0.153 e. The van der Waals surface area contributed by atoms with Crippen molar-refractivity contribution in [3.05, 3.63) is 27.7 Å². The van der Waals surface area contributed by atoms with Gasteiger partial charge in [0.05, 0.1) is 10.0 Å². The van der Waals surface area contributed by atoms with Gasteiger partial charge in [-0.1, -0.05) is 75.2 Å². The van der Waals surface area contributed by atoms with E-state index in [1.165, 1.54) is 32.1 Å². The van der Waals surface area contributed by atoms with Gasteiger partial charge in [-0.3, -0.25) is 0 Å². The average Bonchev–Trinajstić information content (AvgIpc) is 2.35. The van der Waals surface area contributed by atoms with Crippen LogP contribution in [0.2, 0.25) is 10.0 Å². The van der Waals surface area contributed by atoms with Crippen LogP contribution in [0, 0.1) is 5.92 Å². The van der Waals surface area contributed by atoms with Crippen LogP contribution in [0.15, 0.2) is 12.1 Å². The van der Waals surface area contributed by atoms with E-state index in [0.717, 1.165) is 12.0 Å². The number of aromatic hydroxyl groups is 1. The van der Waals surface area contributed by atoms with Crippen molar-refractivity contribution in [2.45, 2.75) is 52.4 Å². The first-order chi connectivity index (χ1) is 8.56. The lowest BCUT2D eigenvalue weighted by atomic mass is 9.95. The molecule has 0 radical (unpaired) electrons. The summed E-state index contributed by atoms with van der Waals surface area (Å²) in [6.45, 7) is 4.45. The summed E-state index contributed by atoms with van der Waals surface area (Å²) in [5.74, 6) is 0.592. The second-order valence-electron chi connectivity index (χ2n) is 5.03. The number of rotatable bonds is 7. The van der Waals surface area contributed by atoms with Gasteiger partial charge < -0.3 is 5.11 Å². The summed E-state index contributed by atoms with van der Waals surface area (Å²) in [5.41, 5.74) is 0.988. The summed E-state index contributed by atoms with van der Waals surface area (Å²) in [6.07, 6.45) is 7.27. The number of hydrogen-bond acceptors (Lipinski definition) is 1. The minimum absolute atomic E-state index is 0.00835. The predicted molar refractivity (Wildman–Crippen MR) is 79.8 cm³/mol. The third-order valence-electron chi connectivity index (χ3n) is 3.27. The van der Waals surface area contributed by atoms with Crippen LogP contribution in [0.5, 0.6) is 5.75 Å². The molecule has 1 unspecified atom stereocenters. The summed E-state index contributed by atoms with van der Waals surface area (Å²) < 4.78 is 0. The molecule has 0 saturated heterocycles. The van der Waals surface area contributed by atoms with Crippen LogP contribution >= 0.6 is 23.2 Å². The molecule has 1 atom stereocenters. The fourth-order valence-electron chi connectivity index (χ4n) is 2.14. The zero-order valence-electron chi connectivity index (χ0n) is 11.2. The molecule has 0 aliphatic rings. The molecule has 0 aliphatic carbocycles. The highest BCUT2D eigenvalue weighted by Gasteiger charge is 2.12. The van der Waals surface area contributed by atoms with Gasteiger partial charge in [0.2, 0.25) is 0 Å². The molecule has 0 heterocycles. The Morgan fingerprint density at radius 3 is 2.56 bits per heavy atom. The Morgan fingerprint density at radius 2 is 1.89 bits per heavy atom. The van der Waals surface area contributed by atoms with E-state index in [0.29, 0.717) is 16.0 Å². The van der Waals surface area contributed by atoms with E-state index >= 15 is 0 Å². The molecule has 1 aromatic carbocycles. The largest absolute Gasteiger partial charge is 0.505 e. The van der Waals surface area contributed by atoms with Crippen LogP contribution in [-0.2, 0) is 6.42 Å². The molecule has 0 aromatic heterocycles. The van der Waals surface area contributed by atoms with Gasteiger partial charge in [0.1, 0.15) is 0 Å². The van der Waals surface area contributed by atoms with Crippen LogP contribution in [-0.4, -0.2) is 5.11 Å². The maximum atomic E-state index is 9.68. The topological polar surface area (TPSA) is 20.2 Å². The normalized spacial score (nSPS) is 12.7. The zero-order valence-corrected chi connectivity index (χ0v) is 12.7. The van der Waals surface area contributed by atoms with Gasteiger partial charge in [0.25, 0.3) is 0 Å². The summed E-state index contributed by atoms with van der Waals surface area (Å²) >= 11 is 11.9. The van der Waals surface area contributed by atoms with Crippen LogP contribution in [0.4, 0.5) is 0 Å². The third-order valence-corrected chi connectivity index (χ3v) is 3.99. The summed E-state index contributed by atoms with van der Waals surface area (Å²) in [4.78, 5) is 0. The highest BCUT2D eigenvalue weighted by molar-refractivity contribution is 6.37. The van der Waals surface area contributed by atoms with Crippen molar-refractivity contribution >= 4 is 23.2 Å². The Kier molecular flexibility index (Phi) is 6.88. The van der Waals surface area contributed by atoms with Crippen LogP contribution in [0.25, 0.3) is 0 Å². The number of benzene rings is 1. The molecule has 0 aliphatic heterocycles. The van der Waals surface area contributed by atoms with Crippen molar-refractivity contribution in [2.75, 3.05) is 0 Å². The monoisotopic (exact) mass is 288 g/mol. The van der Waals surface area contributed by atoms with Gasteiger partial charge >= 0.3 is 0 Å². The molecule has 18 heavy (non-hydrogen) atoms. The van der Waals surface area contributed by atoms with Gasteiger partial charge in [-0.25, -0.2) is 0 Å². The van der Waals surface area contributed by atoms with E-state index in [1.807, 2.05) is 6.07 Å². The van der Waals surface area contributed by atoms with Crippen molar-refractivity contribution in [2.24, 2.45) is 5.92 Å². The van der Waals surface area contributed by atoms with Crippen LogP contribution < -0.4 is 0 Å². The summed E-state index contributed by atoms with van der Waals surface area (Å²) in [6, 6.07) is 3.62. The van der Waals surface area contributed by atoms with Gasteiger partial charge in [-0.15, -0.1) is 0 Å². The van der Waals surface area contributed by atoms with Crippen molar-refractivity contribution in [1.82, 2.24) is 0 Å². The number of phenols is 1. The molecule has 1 nitrogen and oxygen atoms in total. The number of halogens is 2. The van der Waals surface area contributed by atoms with E-state index in [1.54, 1.807) is 6.07 Å². The lowest BCUT2D eigenvalue weighted by Crippen LogP contribution is -2.00. The molecule has 0 fully saturated rings. The Bertz CT molecular complexity index is 377. The highest BCUT2D eigenvalue weighted by Crippen LogP contribution is 2.35. The van der Waals surface area contributed by atoms with Gasteiger partial charge in [0.15, 0.2) is 5.75 Å². The fraction of sp³-hybridized carbons (Fsp3) is 0.600. The first kappa shape index (κ1) is 15.7. The SMILES string of the molecule is CCCCCCC(C)Cc1ccc(Cl)c(O)c1Cl. The Balaban J connectivity index is 2.49. The van der Waals surface area contributed by atoms with E-state index in [9.17, 15) is 5.11 Å². The predicted octanol–water partition coefficient (Wildman–Crippen LogP) is 5.85. The first-order valence-corrected chi connectivity index (χ1v) is 7.47. The lowest BCUT2D eigenvalue weighted by Gasteiger charge is -2.13.